The molecule has 4 rings (SSSR count). The molecule has 0 radical (unpaired) electrons. The molecule has 10 heteroatoms. The van der Waals surface area contributed by atoms with Gasteiger partial charge in [0.15, 0.2) is 0 Å². The first kappa shape index (κ1) is 28.1. The molecule has 4 aromatic rings. The van der Waals surface area contributed by atoms with E-state index in [1.807, 2.05) is 44.0 Å². The summed E-state index contributed by atoms with van der Waals surface area (Å²) in [4.78, 5) is 25.7. The van der Waals surface area contributed by atoms with Gasteiger partial charge in [-0.1, -0.05) is 31.5 Å². The molecule has 0 aliphatic carbocycles. The molecule has 2 aromatic heterocycles. The van der Waals surface area contributed by atoms with Gasteiger partial charge in [0.25, 0.3) is 0 Å². The number of aryl methyl sites for hydroxylation is 1. The number of carbonyl (C=O) groups excluding carboxylic acids is 1. The maximum Gasteiger partial charge on any atom is 0.247 e. The first-order valence-corrected chi connectivity index (χ1v) is 13.1. The van der Waals surface area contributed by atoms with E-state index in [4.69, 9.17) is 16.6 Å². The van der Waals surface area contributed by atoms with Gasteiger partial charge in [-0.15, -0.1) is 0 Å². The van der Waals surface area contributed by atoms with Crippen molar-refractivity contribution in [1.29, 1.82) is 0 Å². The predicted molar refractivity (Wildman–Crippen MR) is 158 cm³/mol. The van der Waals surface area contributed by atoms with E-state index in [2.05, 4.69) is 45.0 Å². The fourth-order valence-electron chi connectivity index (χ4n) is 4.29. The molecule has 0 saturated carbocycles. The van der Waals surface area contributed by atoms with Crippen LogP contribution in [0.3, 0.4) is 0 Å². The van der Waals surface area contributed by atoms with Gasteiger partial charge in [-0.3, -0.25) is 4.79 Å². The Morgan fingerprint density at radius 1 is 1.15 bits per heavy atom. The third-order valence-corrected chi connectivity index (χ3v) is 6.63. The van der Waals surface area contributed by atoms with E-state index in [1.165, 1.54) is 12.1 Å². The van der Waals surface area contributed by atoms with Crippen molar-refractivity contribution >= 4 is 51.4 Å². The lowest BCUT2D eigenvalue weighted by Crippen LogP contribution is -2.29. The van der Waals surface area contributed by atoms with E-state index < -0.39 is 5.82 Å². The van der Waals surface area contributed by atoms with E-state index in [1.54, 1.807) is 18.3 Å². The highest BCUT2D eigenvalue weighted by molar-refractivity contribution is 6.31. The maximum absolute atomic E-state index is 13.9. The molecule has 0 atom stereocenters. The molecule has 2 aromatic carbocycles. The molecular formula is C29H33ClFN7O. The molecule has 1 amide bonds. The zero-order valence-corrected chi connectivity index (χ0v) is 23.4. The summed E-state index contributed by atoms with van der Waals surface area (Å²) >= 11 is 6.05. The van der Waals surface area contributed by atoms with E-state index >= 15 is 0 Å². The van der Waals surface area contributed by atoms with Gasteiger partial charge in [0, 0.05) is 43.6 Å². The fraction of sp³-hybridized carbons (Fsp3) is 0.276. The Labute approximate surface area is 233 Å². The number of carbonyl (C=O) groups is 1. The van der Waals surface area contributed by atoms with Gasteiger partial charge in [-0.25, -0.2) is 9.37 Å². The summed E-state index contributed by atoms with van der Waals surface area (Å²) in [6.07, 6.45) is 6.48. The molecule has 39 heavy (non-hydrogen) atoms. The van der Waals surface area contributed by atoms with E-state index in [0.29, 0.717) is 22.8 Å². The SMILES string of the molecule is C=CC(=O)Nc1cc(Nc2nccc(-n3ccc4cc(F)c(Cl)cc43)n2)c(CCC)cc1N(C)CCN(C)C. The minimum Gasteiger partial charge on any atom is -0.372 e. The van der Waals surface area contributed by atoms with Crippen molar-refractivity contribution in [3.8, 4) is 5.82 Å². The highest BCUT2D eigenvalue weighted by Gasteiger charge is 2.16. The molecule has 8 nitrogen and oxygen atoms in total. The van der Waals surface area contributed by atoms with Gasteiger partial charge in [0.2, 0.25) is 11.9 Å². The summed E-state index contributed by atoms with van der Waals surface area (Å²) in [6.45, 7) is 7.36. The average Bonchev–Trinajstić information content (AvgIpc) is 3.31. The van der Waals surface area contributed by atoms with Gasteiger partial charge < -0.3 is 25.0 Å². The number of likely N-dealkylation sites (N-methyl/N-ethyl adjacent to an activating group) is 2. The summed E-state index contributed by atoms with van der Waals surface area (Å²) in [5.74, 6) is 0.224. The van der Waals surface area contributed by atoms with Crippen LogP contribution in [0.25, 0.3) is 16.7 Å². The van der Waals surface area contributed by atoms with Crippen LogP contribution >= 0.6 is 11.6 Å². The highest BCUT2D eigenvalue weighted by atomic mass is 35.5. The smallest absolute Gasteiger partial charge is 0.247 e. The van der Waals surface area contributed by atoms with Crippen LogP contribution in [-0.4, -0.2) is 59.6 Å². The Hall–Kier alpha value is -3.95. The van der Waals surface area contributed by atoms with Crippen LogP contribution in [0, 0.1) is 5.82 Å². The number of aromatic nitrogens is 3. The number of amides is 1. The van der Waals surface area contributed by atoms with Crippen molar-refractivity contribution in [2.75, 3.05) is 49.8 Å². The number of hydrogen-bond acceptors (Lipinski definition) is 6. The van der Waals surface area contributed by atoms with Gasteiger partial charge in [-0.05, 0) is 68.6 Å². The number of rotatable bonds is 11. The summed E-state index contributed by atoms with van der Waals surface area (Å²) < 4.78 is 15.8. The van der Waals surface area contributed by atoms with Gasteiger partial charge in [0.05, 0.1) is 21.9 Å². The molecule has 0 saturated heterocycles. The lowest BCUT2D eigenvalue weighted by atomic mass is 10.0. The topological polar surface area (TPSA) is 78.3 Å². The lowest BCUT2D eigenvalue weighted by molar-refractivity contribution is -0.111. The summed E-state index contributed by atoms with van der Waals surface area (Å²) in [5.41, 5.74) is 4.17. The van der Waals surface area contributed by atoms with Gasteiger partial charge in [0.1, 0.15) is 11.6 Å². The predicted octanol–water partition coefficient (Wildman–Crippen LogP) is 6.03. The molecule has 0 aliphatic rings. The minimum atomic E-state index is -0.467. The lowest BCUT2D eigenvalue weighted by Gasteiger charge is -2.26. The number of benzene rings is 2. The zero-order valence-electron chi connectivity index (χ0n) is 22.6. The molecule has 204 valence electrons. The molecule has 0 spiro atoms. The largest absolute Gasteiger partial charge is 0.372 e. The van der Waals surface area contributed by atoms with E-state index in [0.717, 1.165) is 48.4 Å². The third kappa shape index (κ3) is 6.55. The summed E-state index contributed by atoms with van der Waals surface area (Å²) in [7, 11) is 6.07. The number of anilines is 4. The van der Waals surface area contributed by atoms with Crippen molar-refractivity contribution in [2.24, 2.45) is 0 Å². The van der Waals surface area contributed by atoms with Crippen molar-refractivity contribution in [1.82, 2.24) is 19.4 Å². The molecule has 2 heterocycles. The van der Waals surface area contributed by atoms with Crippen LogP contribution in [0.4, 0.5) is 27.4 Å². The Bertz CT molecular complexity index is 1500. The Morgan fingerprint density at radius 2 is 1.95 bits per heavy atom. The van der Waals surface area contributed by atoms with Crippen molar-refractivity contribution in [3.05, 3.63) is 77.9 Å². The van der Waals surface area contributed by atoms with Crippen LogP contribution in [0.15, 0.2) is 61.4 Å². The van der Waals surface area contributed by atoms with E-state index in [9.17, 15) is 9.18 Å². The van der Waals surface area contributed by atoms with Crippen molar-refractivity contribution in [3.63, 3.8) is 0 Å². The number of halogens is 2. The third-order valence-electron chi connectivity index (χ3n) is 6.34. The van der Waals surface area contributed by atoms with Crippen molar-refractivity contribution in [2.45, 2.75) is 19.8 Å². The minimum absolute atomic E-state index is 0.0452. The maximum atomic E-state index is 13.9. The molecule has 2 N–H and O–H groups in total. The number of nitrogens with zero attached hydrogens (tertiary/aromatic N) is 5. The molecule has 0 unspecified atom stereocenters. The Balaban J connectivity index is 1.72. The van der Waals surface area contributed by atoms with Gasteiger partial charge in [-0.2, -0.15) is 4.98 Å². The standard InChI is InChI=1S/C29H33ClFN7O/c1-6-8-19-16-26(37(5)14-13-36(3)4)24(33-28(39)7-2)18-23(19)34-29-32-11-9-27(35-29)38-12-10-20-15-22(31)21(30)17-25(20)38/h7,9-12,15-18H,2,6,8,13-14H2,1,3-5H3,(H,33,39)(H,32,34,35). The van der Waals surface area contributed by atoms with Crippen molar-refractivity contribution < 1.29 is 9.18 Å². The summed E-state index contributed by atoms with van der Waals surface area (Å²) in [5, 5.41) is 7.06. The van der Waals surface area contributed by atoms with E-state index in [-0.39, 0.29) is 10.9 Å². The average molecular weight is 550 g/mol. The second-order valence-corrected chi connectivity index (χ2v) is 9.98. The first-order chi connectivity index (χ1) is 18.7. The van der Waals surface area contributed by atoms with Crippen LogP contribution < -0.4 is 15.5 Å². The second-order valence-electron chi connectivity index (χ2n) is 9.57. The normalized spacial score (nSPS) is 11.2. The zero-order chi connectivity index (χ0) is 28.1. The molecule has 0 aliphatic heterocycles. The fourth-order valence-corrected chi connectivity index (χ4v) is 4.44. The Kier molecular flexibility index (Phi) is 8.83. The second kappa shape index (κ2) is 12.3. The molecular weight excluding hydrogens is 517 g/mol. The number of fused-ring (bicyclic) bond motifs is 1. The van der Waals surface area contributed by atoms with Gasteiger partial charge >= 0.3 is 0 Å². The highest BCUT2D eigenvalue weighted by Crippen LogP contribution is 2.34. The number of nitrogens with one attached hydrogen (secondary N) is 2. The van der Waals surface area contributed by atoms with Crippen LogP contribution in [-0.2, 0) is 11.2 Å². The summed E-state index contributed by atoms with van der Waals surface area (Å²) in [6, 6.07) is 10.6. The Morgan fingerprint density at radius 3 is 2.67 bits per heavy atom. The van der Waals surface area contributed by atoms with Crippen LogP contribution in [0.2, 0.25) is 5.02 Å². The first-order valence-electron chi connectivity index (χ1n) is 12.7. The molecule has 0 bridgehead atoms. The van der Waals surface area contributed by atoms with Crippen LogP contribution in [0.5, 0.6) is 0 Å². The molecule has 0 fully saturated rings. The monoisotopic (exact) mass is 549 g/mol. The van der Waals surface area contributed by atoms with Crippen LogP contribution in [0.1, 0.15) is 18.9 Å². The number of hydrogen-bond donors (Lipinski definition) is 2. The quantitative estimate of drug-likeness (QED) is 0.222.